The van der Waals surface area contributed by atoms with Gasteiger partial charge in [0.25, 0.3) is 5.69 Å². The van der Waals surface area contributed by atoms with Gasteiger partial charge >= 0.3 is 0 Å². The number of non-ortho nitro benzene ring substituents is 1. The molecule has 0 bridgehead atoms. The Morgan fingerprint density at radius 3 is 3.00 bits per heavy atom. The Morgan fingerprint density at radius 2 is 2.16 bits per heavy atom. The monoisotopic (exact) mass is 580 g/mol. The van der Waals surface area contributed by atoms with Crippen molar-refractivity contribution in [3.8, 4) is 11.3 Å². The molecule has 0 amide bonds. The maximum absolute atomic E-state index is 11.1. The van der Waals surface area contributed by atoms with Crippen LogP contribution in [0.15, 0.2) is 40.7 Å². The van der Waals surface area contributed by atoms with E-state index >= 15 is 0 Å². The zero-order valence-corrected chi connectivity index (χ0v) is 23.1. The third-order valence-electron chi connectivity index (χ3n) is 6.23. The van der Waals surface area contributed by atoms with Crippen molar-refractivity contribution in [1.82, 2.24) is 15.2 Å². The molecule has 1 atom stereocenters. The van der Waals surface area contributed by atoms with Crippen molar-refractivity contribution in [2.75, 3.05) is 45.3 Å². The highest BCUT2D eigenvalue weighted by atomic mass is 35.5. The lowest BCUT2D eigenvalue weighted by atomic mass is 10.1. The van der Waals surface area contributed by atoms with Gasteiger partial charge in [-0.3, -0.25) is 20.3 Å². The lowest BCUT2D eigenvalue weighted by Crippen LogP contribution is -2.46. The second-order valence-corrected chi connectivity index (χ2v) is 12.1. The number of ether oxygens (including phenoxy) is 2. The number of halogens is 2. The minimum Gasteiger partial charge on any atom is -0.374 e. The van der Waals surface area contributed by atoms with Crippen LogP contribution >= 0.6 is 46.3 Å². The maximum atomic E-state index is 11.1. The molecule has 2 aromatic carbocycles. The van der Waals surface area contributed by atoms with Crippen molar-refractivity contribution in [1.29, 1.82) is 0 Å². The molecule has 2 heterocycles. The molecule has 196 valence electrons. The van der Waals surface area contributed by atoms with E-state index in [2.05, 4.69) is 10.2 Å². The van der Waals surface area contributed by atoms with Crippen LogP contribution in [0.4, 0.5) is 5.69 Å². The number of benzene rings is 2. The summed E-state index contributed by atoms with van der Waals surface area (Å²) in [7, 11) is 0. The number of nitrogens with zero attached hydrogens (tertiary/aromatic N) is 3. The van der Waals surface area contributed by atoms with Crippen LogP contribution in [0, 0.1) is 10.1 Å². The topological polar surface area (TPSA) is 89.8 Å². The molecular weight excluding hydrogens is 555 g/mol. The summed E-state index contributed by atoms with van der Waals surface area (Å²) in [5.74, 6) is 0.785. The van der Waals surface area contributed by atoms with Crippen molar-refractivity contribution >= 4 is 52.0 Å². The van der Waals surface area contributed by atoms with Crippen LogP contribution < -0.4 is 5.32 Å². The number of nitro groups is 1. The Balaban J connectivity index is 0.988. The van der Waals surface area contributed by atoms with Crippen molar-refractivity contribution in [3.05, 3.63) is 72.6 Å². The van der Waals surface area contributed by atoms with Crippen molar-refractivity contribution in [2.45, 2.75) is 23.4 Å². The maximum Gasteiger partial charge on any atom is 0.270 e. The second kappa shape index (κ2) is 12.4. The fraction of sp³-hybridized carbons (Fsp3) is 0.400. The first-order chi connectivity index (χ1) is 18.0. The molecule has 0 spiro atoms. The number of thioether (sulfide) groups is 1. The van der Waals surface area contributed by atoms with Crippen molar-refractivity contribution < 1.29 is 14.4 Å². The van der Waals surface area contributed by atoms with E-state index in [0.717, 1.165) is 65.1 Å². The molecule has 1 saturated heterocycles. The summed E-state index contributed by atoms with van der Waals surface area (Å²) in [4.78, 5) is 19.0. The average Bonchev–Trinajstić information content (AvgIpc) is 3.43. The van der Waals surface area contributed by atoms with E-state index in [9.17, 15) is 10.1 Å². The Labute approximate surface area is 233 Å². The molecule has 5 rings (SSSR count). The highest BCUT2D eigenvalue weighted by molar-refractivity contribution is 8.01. The van der Waals surface area contributed by atoms with Gasteiger partial charge in [-0.25, -0.2) is 4.98 Å². The van der Waals surface area contributed by atoms with Crippen molar-refractivity contribution in [2.24, 2.45) is 0 Å². The van der Waals surface area contributed by atoms with Crippen molar-refractivity contribution in [3.63, 3.8) is 0 Å². The van der Waals surface area contributed by atoms with Crippen LogP contribution in [-0.4, -0.2) is 66.2 Å². The number of nitrogens with one attached hydrogen (secondary N) is 1. The minimum atomic E-state index is -0.361. The molecule has 8 nitrogen and oxygen atoms in total. The predicted molar refractivity (Wildman–Crippen MR) is 148 cm³/mol. The number of nitro benzene ring substituents is 1. The molecule has 2 aliphatic rings. The average molecular weight is 582 g/mol. The highest BCUT2D eigenvalue weighted by Crippen LogP contribution is 2.43. The van der Waals surface area contributed by atoms with Crippen LogP contribution in [0.3, 0.4) is 0 Å². The zero-order valence-electron chi connectivity index (χ0n) is 20.0. The van der Waals surface area contributed by atoms with Gasteiger partial charge in [-0.15, -0.1) is 11.3 Å². The number of morpholine rings is 1. The number of fused-ring (bicyclic) bond motifs is 3. The molecule has 3 aromatic rings. The summed E-state index contributed by atoms with van der Waals surface area (Å²) in [5, 5.41) is 15.6. The lowest BCUT2D eigenvalue weighted by molar-refractivity contribution is -0.384. The highest BCUT2D eigenvalue weighted by Gasteiger charge is 2.25. The molecule has 0 radical (unpaired) electrons. The van der Waals surface area contributed by atoms with Gasteiger partial charge in [0.15, 0.2) is 4.34 Å². The van der Waals surface area contributed by atoms with Gasteiger partial charge in [-0.1, -0.05) is 47.1 Å². The number of aromatic nitrogens is 1. The quantitative estimate of drug-likeness (QED) is 0.0819. The summed E-state index contributed by atoms with van der Waals surface area (Å²) in [5.41, 5.74) is 4.11. The predicted octanol–water partition coefficient (Wildman–Crippen LogP) is 5.49. The molecule has 37 heavy (non-hydrogen) atoms. The first-order valence-electron chi connectivity index (χ1n) is 11.9. The van der Waals surface area contributed by atoms with Gasteiger partial charge in [0, 0.05) is 60.9 Å². The summed E-state index contributed by atoms with van der Waals surface area (Å²) in [6.45, 7) is 5.00. The molecular formula is C25H26Cl2N4O4S2. The number of hydrogen-bond donors (Lipinski definition) is 1. The third-order valence-corrected chi connectivity index (χ3v) is 9.13. The third kappa shape index (κ3) is 6.82. The molecule has 1 N–H and O–H groups in total. The Hall–Kier alpha value is -1.76. The molecule has 1 aliphatic carbocycles. The molecule has 1 aliphatic heterocycles. The Bertz CT molecular complexity index is 1280. The lowest BCUT2D eigenvalue weighted by Gasteiger charge is -2.33. The van der Waals surface area contributed by atoms with Gasteiger partial charge in [0.2, 0.25) is 0 Å². The summed E-state index contributed by atoms with van der Waals surface area (Å²) >= 11 is 15.5. The van der Waals surface area contributed by atoms with Crippen LogP contribution in [0.5, 0.6) is 0 Å². The van der Waals surface area contributed by atoms with Crippen LogP contribution in [0.2, 0.25) is 10.0 Å². The number of hydrogen-bond acceptors (Lipinski definition) is 9. The fourth-order valence-corrected chi connectivity index (χ4v) is 6.91. The van der Waals surface area contributed by atoms with Gasteiger partial charge < -0.3 is 9.47 Å². The number of rotatable bonds is 11. The minimum absolute atomic E-state index is 0.103. The van der Waals surface area contributed by atoms with E-state index < -0.39 is 0 Å². The second-order valence-electron chi connectivity index (χ2n) is 8.86. The van der Waals surface area contributed by atoms with Gasteiger partial charge in [-0.05, 0) is 23.3 Å². The van der Waals surface area contributed by atoms with Gasteiger partial charge in [0.1, 0.15) is 0 Å². The summed E-state index contributed by atoms with van der Waals surface area (Å²) < 4.78 is 12.6. The van der Waals surface area contributed by atoms with E-state index in [1.165, 1.54) is 4.88 Å². The van der Waals surface area contributed by atoms with E-state index in [1.54, 1.807) is 35.2 Å². The van der Waals surface area contributed by atoms with Gasteiger partial charge in [0.05, 0.1) is 46.7 Å². The fourth-order valence-electron chi connectivity index (χ4n) is 4.44. The smallest absolute Gasteiger partial charge is 0.270 e. The molecule has 1 fully saturated rings. The Kier molecular flexibility index (Phi) is 8.99. The van der Waals surface area contributed by atoms with Crippen LogP contribution in [0.25, 0.3) is 11.3 Å². The molecule has 1 aromatic heterocycles. The van der Waals surface area contributed by atoms with E-state index in [0.29, 0.717) is 30.0 Å². The molecule has 0 saturated carbocycles. The SMILES string of the molecule is O=[N+]([O-])c1ccc2c(c1)-c1nc(SCCOCNC[C@H]3CN(Cc4ccc(Cl)c(Cl)c4)CCO3)sc1C2. The van der Waals surface area contributed by atoms with Gasteiger partial charge in [-0.2, -0.15) is 0 Å². The first-order valence-corrected chi connectivity index (χ1v) is 14.5. The zero-order chi connectivity index (χ0) is 25.8. The Morgan fingerprint density at radius 1 is 1.27 bits per heavy atom. The standard InChI is InChI=1S/C25H26Cl2N4O4S2/c26-21-4-1-16(9-22(21)27)13-30-5-6-35-19(14-30)12-28-15-34-7-8-36-25-29-24-20-11-18(31(32)33)3-2-17(20)10-23(24)37-25/h1-4,9,11,19,28H,5-8,10,12-15H2/t19-/m0/s1. The van der Waals surface area contributed by atoms with E-state index in [-0.39, 0.29) is 16.7 Å². The van der Waals surface area contributed by atoms with Crippen LogP contribution in [-0.2, 0) is 22.4 Å². The normalized spacial score (nSPS) is 17.1. The summed E-state index contributed by atoms with van der Waals surface area (Å²) in [6, 6.07) is 10.8. The van der Waals surface area contributed by atoms with E-state index in [1.807, 2.05) is 24.3 Å². The molecule has 12 heteroatoms. The van der Waals surface area contributed by atoms with E-state index in [4.69, 9.17) is 37.7 Å². The summed E-state index contributed by atoms with van der Waals surface area (Å²) in [6.07, 6.45) is 0.890. The molecule has 0 unspecified atom stereocenters. The van der Waals surface area contributed by atoms with Crippen LogP contribution in [0.1, 0.15) is 16.0 Å². The largest absolute Gasteiger partial charge is 0.374 e. The first kappa shape index (κ1) is 26.8. The number of thiazole rings is 1.